The van der Waals surface area contributed by atoms with Crippen LogP contribution in [0.3, 0.4) is 0 Å². The van der Waals surface area contributed by atoms with Crippen LogP contribution in [0.5, 0.6) is 0 Å². The number of rotatable bonds is 6. The lowest BCUT2D eigenvalue weighted by Crippen LogP contribution is -2.22. The third-order valence-electron chi connectivity index (χ3n) is 7.40. The fourth-order valence-corrected chi connectivity index (χ4v) is 5.38. The first-order valence-corrected chi connectivity index (χ1v) is 13.9. The number of para-hydroxylation sites is 3. The number of hydrogen-bond donors (Lipinski definition) is 0. The van der Waals surface area contributed by atoms with Gasteiger partial charge in [0, 0.05) is 22.6 Å². The Morgan fingerprint density at radius 2 is 1.02 bits per heavy atom. The standard InChI is InChI=1S/C38H27N3O/c42-38-35-21-10-11-22-36(35)39-37(41(38)34-20-12-15-30(27-34)28-13-4-1-5-14-28)29-23-25-33(26-24-29)40(31-16-6-2-7-17-31)32-18-8-3-9-19-32/h1-27H. The predicted molar refractivity (Wildman–Crippen MR) is 173 cm³/mol. The maximum atomic E-state index is 14.0. The summed E-state index contributed by atoms with van der Waals surface area (Å²) in [4.78, 5) is 21.3. The van der Waals surface area contributed by atoms with Gasteiger partial charge in [-0.2, -0.15) is 0 Å². The molecule has 4 heteroatoms. The molecule has 6 aromatic carbocycles. The third kappa shape index (κ3) is 4.76. The Balaban J connectivity index is 1.38. The van der Waals surface area contributed by atoms with E-state index in [-0.39, 0.29) is 5.56 Å². The largest absolute Gasteiger partial charge is 0.311 e. The molecule has 0 saturated carbocycles. The molecule has 200 valence electrons. The van der Waals surface area contributed by atoms with Gasteiger partial charge in [0.15, 0.2) is 0 Å². The van der Waals surface area contributed by atoms with Crippen LogP contribution in [0.2, 0.25) is 0 Å². The van der Waals surface area contributed by atoms with E-state index in [2.05, 4.69) is 65.6 Å². The van der Waals surface area contributed by atoms with Gasteiger partial charge in [-0.1, -0.05) is 91.0 Å². The zero-order valence-corrected chi connectivity index (χ0v) is 22.8. The maximum Gasteiger partial charge on any atom is 0.266 e. The molecule has 0 saturated heterocycles. The molecule has 7 rings (SSSR count). The van der Waals surface area contributed by atoms with E-state index in [1.165, 1.54) is 0 Å². The Morgan fingerprint density at radius 1 is 0.476 bits per heavy atom. The van der Waals surface area contributed by atoms with E-state index in [0.29, 0.717) is 16.7 Å². The second kappa shape index (κ2) is 11.0. The number of hydrogen-bond acceptors (Lipinski definition) is 3. The van der Waals surface area contributed by atoms with Gasteiger partial charge in [0.05, 0.1) is 16.6 Å². The molecule has 1 heterocycles. The predicted octanol–water partition coefficient (Wildman–Crippen LogP) is 9.19. The summed E-state index contributed by atoms with van der Waals surface area (Å²) in [5.74, 6) is 0.599. The highest BCUT2D eigenvalue weighted by atomic mass is 16.1. The molecule has 0 aliphatic heterocycles. The van der Waals surface area contributed by atoms with Crippen molar-refractivity contribution in [2.24, 2.45) is 0 Å². The summed E-state index contributed by atoms with van der Waals surface area (Å²) in [6.45, 7) is 0. The van der Waals surface area contributed by atoms with Gasteiger partial charge >= 0.3 is 0 Å². The van der Waals surface area contributed by atoms with Crippen LogP contribution in [0.1, 0.15) is 0 Å². The Bertz CT molecular complexity index is 2000. The van der Waals surface area contributed by atoms with Crippen molar-refractivity contribution in [3.8, 4) is 28.2 Å². The molecule has 0 fully saturated rings. The average Bonchev–Trinajstić information content (AvgIpc) is 3.07. The van der Waals surface area contributed by atoms with Crippen molar-refractivity contribution >= 4 is 28.0 Å². The molecule has 0 amide bonds. The van der Waals surface area contributed by atoms with Crippen molar-refractivity contribution in [1.82, 2.24) is 9.55 Å². The molecule has 0 bridgehead atoms. The summed E-state index contributed by atoms with van der Waals surface area (Å²) in [6, 6.07) is 54.7. The Labute approximate surface area is 244 Å². The van der Waals surface area contributed by atoms with Crippen LogP contribution in [0.4, 0.5) is 17.1 Å². The molecule has 0 unspecified atom stereocenters. The maximum absolute atomic E-state index is 14.0. The molecule has 0 radical (unpaired) electrons. The molecule has 0 N–H and O–H groups in total. The van der Waals surface area contributed by atoms with E-state index in [1.807, 2.05) is 103 Å². The Kier molecular flexibility index (Phi) is 6.63. The first kappa shape index (κ1) is 25.2. The molecule has 1 aromatic heterocycles. The second-order valence-corrected chi connectivity index (χ2v) is 10.1. The lowest BCUT2D eigenvalue weighted by molar-refractivity contribution is 0.976. The first-order chi connectivity index (χ1) is 20.8. The molecule has 0 atom stereocenters. The Morgan fingerprint density at radius 3 is 1.69 bits per heavy atom. The highest BCUT2D eigenvalue weighted by Crippen LogP contribution is 2.35. The zero-order chi connectivity index (χ0) is 28.3. The molecule has 0 spiro atoms. The Hall–Kier alpha value is -5.74. The smallest absolute Gasteiger partial charge is 0.266 e. The molecule has 0 aliphatic rings. The minimum absolute atomic E-state index is 0.0971. The van der Waals surface area contributed by atoms with Crippen molar-refractivity contribution in [2.45, 2.75) is 0 Å². The van der Waals surface area contributed by atoms with Crippen molar-refractivity contribution in [2.75, 3.05) is 4.90 Å². The van der Waals surface area contributed by atoms with Gasteiger partial charge in [-0.15, -0.1) is 0 Å². The summed E-state index contributed by atoms with van der Waals surface area (Å²) in [7, 11) is 0. The molecule has 7 aromatic rings. The molecular weight excluding hydrogens is 514 g/mol. The summed E-state index contributed by atoms with van der Waals surface area (Å²) < 4.78 is 1.73. The fourth-order valence-electron chi connectivity index (χ4n) is 5.38. The van der Waals surface area contributed by atoms with Crippen molar-refractivity contribution in [3.63, 3.8) is 0 Å². The topological polar surface area (TPSA) is 38.1 Å². The number of aromatic nitrogens is 2. The SMILES string of the molecule is O=c1c2ccccc2nc(-c2ccc(N(c3ccccc3)c3ccccc3)cc2)n1-c1cccc(-c2ccccc2)c1. The summed E-state index contributed by atoms with van der Waals surface area (Å²) in [5.41, 5.74) is 7.47. The van der Waals surface area contributed by atoms with E-state index >= 15 is 0 Å². The van der Waals surface area contributed by atoms with Crippen LogP contribution >= 0.6 is 0 Å². The van der Waals surface area contributed by atoms with Crippen molar-refractivity contribution in [1.29, 1.82) is 0 Å². The van der Waals surface area contributed by atoms with Gasteiger partial charge in [0.25, 0.3) is 5.56 Å². The van der Waals surface area contributed by atoms with E-state index < -0.39 is 0 Å². The molecule has 0 aliphatic carbocycles. The zero-order valence-electron chi connectivity index (χ0n) is 22.8. The van der Waals surface area contributed by atoms with E-state index in [9.17, 15) is 4.79 Å². The first-order valence-electron chi connectivity index (χ1n) is 13.9. The van der Waals surface area contributed by atoms with E-state index in [4.69, 9.17) is 4.98 Å². The number of nitrogens with zero attached hydrogens (tertiary/aromatic N) is 3. The van der Waals surface area contributed by atoms with Gasteiger partial charge < -0.3 is 4.90 Å². The van der Waals surface area contributed by atoms with Crippen LogP contribution in [-0.4, -0.2) is 9.55 Å². The van der Waals surface area contributed by atoms with Gasteiger partial charge in [0.1, 0.15) is 5.82 Å². The van der Waals surface area contributed by atoms with Crippen molar-refractivity contribution in [3.05, 3.63) is 174 Å². The lowest BCUT2D eigenvalue weighted by atomic mass is 10.0. The van der Waals surface area contributed by atoms with Crippen LogP contribution in [0.25, 0.3) is 39.1 Å². The number of benzene rings is 6. The number of anilines is 3. The van der Waals surface area contributed by atoms with Gasteiger partial charge in [-0.05, 0) is 83.9 Å². The van der Waals surface area contributed by atoms with Crippen LogP contribution in [0.15, 0.2) is 169 Å². The normalized spacial score (nSPS) is 11.0. The van der Waals surface area contributed by atoms with Crippen LogP contribution < -0.4 is 10.5 Å². The minimum Gasteiger partial charge on any atom is -0.311 e. The van der Waals surface area contributed by atoms with E-state index in [1.54, 1.807) is 4.57 Å². The fraction of sp³-hybridized carbons (Fsp3) is 0. The van der Waals surface area contributed by atoms with Crippen LogP contribution in [0, 0.1) is 0 Å². The molecular formula is C38H27N3O. The summed E-state index contributed by atoms with van der Waals surface area (Å²) >= 11 is 0. The quantitative estimate of drug-likeness (QED) is 0.211. The monoisotopic (exact) mass is 541 g/mol. The van der Waals surface area contributed by atoms with Crippen LogP contribution in [-0.2, 0) is 0 Å². The van der Waals surface area contributed by atoms with Gasteiger partial charge in [-0.3, -0.25) is 9.36 Å². The highest BCUT2D eigenvalue weighted by molar-refractivity contribution is 5.82. The lowest BCUT2D eigenvalue weighted by Gasteiger charge is -2.25. The van der Waals surface area contributed by atoms with Gasteiger partial charge in [-0.25, -0.2) is 4.98 Å². The van der Waals surface area contributed by atoms with Gasteiger partial charge in [0.2, 0.25) is 0 Å². The summed E-state index contributed by atoms with van der Waals surface area (Å²) in [5, 5.41) is 0.585. The third-order valence-corrected chi connectivity index (χ3v) is 7.40. The molecule has 4 nitrogen and oxygen atoms in total. The highest BCUT2D eigenvalue weighted by Gasteiger charge is 2.17. The summed E-state index contributed by atoms with van der Waals surface area (Å²) in [6.07, 6.45) is 0. The number of fused-ring (bicyclic) bond motifs is 1. The second-order valence-electron chi connectivity index (χ2n) is 10.1. The van der Waals surface area contributed by atoms with E-state index in [0.717, 1.165) is 39.4 Å². The van der Waals surface area contributed by atoms with Crippen molar-refractivity contribution < 1.29 is 0 Å². The minimum atomic E-state index is -0.0971. The average molecular weight is 542 g/mol. The molecule has 42 heavy (non-hydrogen) atoms.